The molecule has 0 bridgehead atoms. The van der Waals surface area contributed by atoms with Crippen LogP contribution in [0.2, 0.25) is 0 Å². The van der Waals surface area contributed by atoms with E-state index in [2.05, 4.69) is 231 Å². The molecule has 4 aliphatic rings. The van der Waals surface area contributed by atoms with Crippen molar-refractivity contribution < 1.29 is 33.5 Å². The topological polar surface area (TPSA) is 82.2 Å². The van der Waals surface area contributed by atoms with Crippen LogP contribution in [0.3, 0.4) is 0 Å². The predicted octanol–water partition coefficient (Wildman–Crippen LogP) is 15.1. The van der Waals surface area contributed by atoms with E-state index in [4.69, 9.17) is 28.4 Å². The molecule has 0 spiro atoms. The molecule has 2 heterocycles. The lowest BCUT2D eigenvalue weighted by Crippen LogP contribution is -2.27. The molecule has 7 nitrogen and oxygen atoms in total. The van der Waals surface area contributed by atoms with E-state index in [-0.39, 0.29) is 37.3 Å². The Morgan fingerprint density at radius 2 is 0.683 bits per heavy atom. The van der Waals surface area contributed by atoms with Gasteiger partial charge in [0.2, 0.25) is 0 Å². The number of aliphatic hydroxyl groups excluding tert-OH is 1. The molecule has 1 N–H and O–H groups in total. The molecule has 0 saturated carbocycles. The summed E-state index contributed by atoms with van der Waals surface area (Å²) in [5.41, 5.74) is 16.4. The Bertz CT molecular complexity index is 3520. The number of epoxide rings is 2. The quantitative estimate of drug-likeness (QED) is 0.0762. The Morgan fingerprint density at radius 1 is 0.366 bits per heavy atom. The fraction of sp³-hybridized carbons (Fsp3) is 0.200. The second kappa shape index (κ2) is 22.3. The minimum absolute atomic E-state index is 0.0657. The Hall–Kier alpha value is -8.72. The summed E-state index contributed by atoms with van der Waals surface area (Å²) in [6.07, 6.45) is 1.16. The van der Waals surface area contributed by atoms with Crippen LogP contribution in [0.1, 0.15) is 80.3 Å². The van der Waals surface area contributed by atoms with Crippen LogP contribution in [0.15, 0.2) is 255 Å². The highest BCUT2D eigenvalue weighted by Crippen LogP contribution is 2.58. The first-order valence-corrected chi connectivity index (χ1v) is 28.8. The summed E-state index contributed by atoms with van der Waals surface area (Å²) in [6.45, 7) is 2.74. The summed E-state index contributed by atoms with van der Waals surface area (Å²) in [5, 5.41) is 11.4. The van der Waals surface area contributed by atoms with Crippen LogP contribution in [0.25, 0.3) is 22.3 Å². The van der Waals surface area contributed by atoms with Gasteiger partial charge in [0.15, 0.2) is 0 Å². The highest BCUT2D eigenvalue weighted by atomic mass is 16.6. The molecule has 6 unspecified atom stereocenters. The Kier molecular flexibility index (Phi) is 14.0. The minimum Gasteiger partial charge on any atom is -0.491 e. The van der Waals surface area contributed by atoms with Crippen LogP contribution in [-0.4, -0.2) is 63.1 Å². The van der Waals surface area contributed by atoms with E-state index in [1.807, 2.05) is 24.3 Å². The van der Waals surface area contributed by atoms with Gasteiger partial charge in [0, 0.05) is 22.7 Å². The number of fused-ring (bicyclic) bond motifs is 2. The van der Waals surface area contributed by atoms with Gasteiger partial charge >= 0.3 is 0 Å². The van der Waals surface area contributed by atoms with Gasteiger partial charge in [-0.15, -0.1) is 0 Å². The SMILES string of the molecule is OC(COc1ccc(C2(c3ccc(OCC4CO4)cc3)CC(c3ccccc3)c3cc(-c4ccccc4)ccc32)cc1)COc1ccc(C2(c3ccc(OCC4CO4)cc3)CC(c3ccccc3)c3cc(-c4ccccc4)ccc32)cc1. The molecular formula is C75H64O7. The van der Waals surface area contributed by atoms with E-state index < -0.39 is 16.9 Å². The molecule has 10 aromatic carbocycles. The second-order valence-electron chi connectivity index (χ2n) is 22.4. The number of hydrogen-bond acceptors (Lipinski definition) is 7. The molecule has 406 valence electrons. The maximum absolute atomic E-state index is 11.4. The van der Waals surface area contributed by atoms with Crippen molar-refractivity contribution in [2.75, 3.05) is 39.6 Å². The van der Waals surface area contributed by atoms with E-state index in [9.17, 15) is 5.11 Å². The molecule has 0 radical (unpaired) electrons. The van der Waals surface area contributed by atoms with E-state index in [0.29, 0.717) is 24.7 Å². The Balaban J connectivity index is 0.714. The van der Waals surface area contributed by atoms with E-state index in [1.165, 1.54) is 77.9 Å². The van der Waals surface area contributed by atoms with E-state index in [0.717, 1.165) is 37.6 Å². The number of hydrogen-bond donors (Lipinski definition) is 1. The van der Waals surface area contributed by atoms with Crippen molar-refractivity contribution in [2.24, 2.45) is 0 Å². The van der Waals surface area contributed by atoms with Crippen LogP contribution in [0.4, 0.5) is 0 Å². The van der Waals surface area contributed by atoms with Gasteiger partial charge in [-0.2, -0.15) is 0 Å². The Morgan fingerprint density at radius 3 is 1.01 bits per heavy atom. The van der Waals surface area contributed by atoms with Gasteiger partial charge < -0.3 is 33.5 Å². The van der Waals surface area contributed by atoms with Crippen LogP contribution in [0, 0.1) is 0 Å². The molecule has 2 saturated heterocycles. The fourth-order valence-electron chi connectivity index (χ4n) is 13.0. The highest BCUT2D eigenvalue weighted by Gasteiger charge is 2.49. The predicted molar refractivity (Wildman–Crippen MR) is 323 cm³/mol. The van der Waals surface area contributed by atoms with Crippen LogP contribution >= 0.6 is 0 Å². The van der Waals surface area contributed by atoms with Crippen LogP contribution in [-0.2, 0) is 20.3 Å². The van der Waals surface area contributed by atoms with Gasteiger partial charge in [-0.05, 0) is 139 Å². The Labute approximate surface area is 480 Å². The summed E-state index contributed by atoms with van der Waals surface area (Å²) in [7, 11) is 0. The zero-order valence-electron chi connectivity index (χ0n) is 45.7. The van der Waals surface area contributed by atoms with Gasteiger partial charge in [0.1, 0.15) is 67.7 Å². The molecule has 14 rings (SSSR count). The van der Waals surface area contributed by atoms with Crippen molar-refractivity contribution in [1.82, 2.24) is 0 Å². The molecule has 2 aliphatic heterocycles. The zero-order chi connectivity index (χ0) is 54.9. The lowest BCUT2D eigenvalue weighted by atomic mass is 9.69. The van der Waals surface area contributed by atoms with Gasteiger partial charge in [0.05, 0.1) is 13.2 Å². The summed E-state index contributed by atoms with van der Waals surface area (Å²) >= 11 is 0. The molecular weight excluding hydrogens is 1010 g/mol. The van der Waals surface area contributed by atoms with E-state index >= 15 is 0 Å². The maximum atomic E-state index is 11.4. The van der Waals surface area contributed by atoms with Crippen molar-refractivity contribution in [3.05, 3.63) is 310 Å². The summed E-state index contributed by atoms with van der Waals surface area (Å²) < 4.78 is 35.8. The van der Waals surface area contributed by atoms with Crippen molar-refractivity contribution in [1.29, 1.82) is 0 Å². The third-order valence-electron chi connectivity index (χ3n) is 17.4. The smallest absolute Gasteiger partial charge is 0.122 e. The molecule has 0 amide bonds. The summed E-state index contributed by atoms with van der Waals surface area (Å²) in [4.78, 5) is 0. The maximum Gasteiger partial charge on any atom is 0.122 e. The first kappa shape index (κ1) is 51.4. The van der Waals surface area contributed by atoms with Crippen molar-refractivity contribution in [2.45, 2.75) is 53.8 Å². The van der Waals surface area contributed by atoms with Crippen molar-refractivity contribution in [3.8, 4) is 45.3 Å². The minimum atomic E-state index is -0.879. The normalized spacial score (nSPS) is 21.4. The van der Waals surface area contributed by atoms with Crippen LogP contribution in [0.5, 0.6) is 23.0 Å². The first-order valence-electron chi connectivity index (χ1n) is 28.8. The second-order valence-corrected chi connectivity index (χ2v) is 22.4. The average Bonchev–Trinajstić information content (AvgIpc) is 4.55. The molecule has 0 aromatic heterocycles. The third-order valence-corrected chi connectivity index (χ3v) is 17.4. The summed E-state index contributed by atoms with van der Waals surface area (Å²) in [6, 6.07) is 91.4. The zero-order valence-corrected chi connectivity index (χ0v) is 45.7. The number of aliphatic hydroxyl groups is 1. The van der Waals surface area contributed by atoms with Gasteiger partial charge in [-0.3, -0.25) is 0 Å². The molecule has 2 aliphatic carbocycles. The first-order chi connectivity index (χ1) is 40.5. The van der Waals surface area contributed by atoms with Gasteiger partial charge in [-0.1, -0.05) is 206 Å². The van der Waals surface area contributed by atoms with Crippen molar-refractivity contribution >= 4 is 0 Å². The standard InChI is InChI=1S/C75H64O7/c76-61(45-77-62-31-23-57(24-32-62)74(59-27-35-64(36-28-59)79-47-66-49-81-66)43-70(53-17-9-3-10-18-53)68-41-55(21-39-72(68)74)51-13-5-1-6-14-51)46-78-63-33-25-58(26-34-63)75(60-29-37-65(38-30-60)80-48-67-50-82-67)44-71(54-19-11-4-12-20-54)69-42-56(22-40-73(69)75)52-15-7-2-8-16-52/h1-42,61,66-67,70-71,76H,43-50H2. The van der Waals surface area contributed by atoms with E-state index in [1.54, 1.807) is 0 Å². The molecule has 82 heavy (non-hydrogen) atoms. The summed E-state index contributed by atoms with van der Waals surface area (Å²) in [5.74, 6) is 3.31. The number of ether oxygens (including phenoxy) is 6. The molecule has 6 atom stereocenters. The van der Waals surface area contributed by atoms with Gasteiger partial charge in [0.25, 0.3) is 0 Å². The highest BCUT2D eigenvalue weighted by molar-refractivity contribution is 5.72. The largest absolute Gasteiger partial charge is 0.491 e. The fourth-order valence-corrected chi connectivity index (χ4v) is 13.0. The van der Waals surface area contributed by atoms with Gasteiger partial charge in [-0.25, -0.2) is 0 Å². The number of benzene rings is 10. The third kappa shape index (κ3) is 10.3. The lowest BCUT2D eigenvalue weighted by Gasteiger charge is -2.33. The average molecular weight is 1080 g/mol. The van der Waals surface area contributed by atoms with Crippen LogP contribution < -0.4 is 18.9 Å². The molecule has 7 heteroatoms. The molecule has 10 aromatic rings. The molecule has 2 fully saturated rings. The number of rotatable bonds is 20. The van der Waals surface area contributed by atoms with Crippen molar-refractivity contribution in [3.63, 3.8) is 0 Å². The lowest BCUT2D eigenvalue weighted by molar-refractivity contribution is 0.0626. The monoisotopic (exact) mass is 1080 g/mol.